The van der Waals surface area contributed by atoms with E-state index in [2.05, 4.69) is 15.0 Å². The van der Waals surface area contributed by atoms with Gasteiger partial charge < -0.3 is 5.73 Å². The first kappa shape index (κ1) is 14.6. The number of carbonyl (C=O) groups excluding carboxylic acids is 1. The van der Waals surface area contributed by atoms with Crippen LogP contribution >= 0.6 is 0 Å². The molecule has 2 aromatic rings. The van der Waals surface area contributed by atoms with E-state index in [1.165, 1.54) is 10.9 Å². The summed E-state index contributed by atoms with van der Waals surface area (Å²) in [7, 11) is 0. The van der Waals surface area contributed by atoms with Gasteiger partial charge in [-0.1, -0.05) is 6.07 Å². The Hall–Kier alpha value is -2.28. The number of amides is 1. The van der Waals surface area contributed by atoms with Crippen LogP contribution in [0.15, 0.2) is 30.7 Å². The number of aromatic nitrogens is 3. The van der Waals surface area contributed by atoms with Crippen LogP contribution in [0.1, 0.15) is 18.4 Å². The Bertz CT molecular complexity index is 646. The predicted molar refractivity (Wildman–Crippen MR) is 78.5 cm³/mol. The summed E-state index contributed by atoms with van der Waals surface area (Å²) in [4.78, 5) is 17.7. The minimum Gasteiger partial charge on any atom is -0.369 e. The van der Waals surface area contributed by atoms with E-state index >= 15 is 0 Å². The summed E-state index contributed by atoms with van der Waals surface area (Å²) in [5, 5.41) is 3.88. The Balaban J connectivity index is 1.59. The fourth-order valence-electron chi connectivity index (χ4n) is 2.71. The van der Waals surface area contributed by atoms with Gasteiger partial charge in [0, 0.05) is 18.7 Å². The van der Waals surface area contributed by atoms with Gasteiger partial charge in [-0.3, -0.25) is 9.69 Å². The molecule has 1 aliphatic rings. The number of hydrogen-bond acceptors (Lipinski definition) is 4. The highest BCUT2D eigenvalue weighted by Crippen LogP contribution is 2.18. The van der Waals surface area contributed by atoms with Gasteiger partial charge >= 0.3 is 0 Å². The molecule has 0 saturated carbocycles. The normalized spacial score (nSPS) is 16.8. The van der Waals surface area contributed by atoms with Crippen LogP contribution < -0.4 is 5.73 Å². The lowest BCUT2D eigenvalue weighted by Crippen LogP contribution is -2.38. The van der Waals surface area contributed by atoms with E-state index in [4.69, 9.17) is 5.73 Å². The monoisotopic (exact) mass is 303 g/mol. The highest BCUT2D eigenvalue weighted by molar-refractivity contribution is 5.76. The number of likely N-dealkylation sites (tertiary alicyclic amines) is 1. The summed E-state index contributed by atoms with van der Waals surface area (Å²) < 4.78 is 14.3. The first-order valence-electron chi connectivity index (χ1n) is 7.29. The van der Waals surface area contributed by atoms with Crippen LogP contribution in [0.5, 0.6) is 0 Å². The Labute approximate surface area is 127 Å². The second-order valence-electron chi connectivity index (χ2n) is 5.58. The van der Waals surface area contributed by atoms with Crippen LogP contribution in [0, 0.1) is 11.7 Å². The number of primary amides is 1. The van der Waals surface area contributed by atoms with Crippen molar-refractivity contribution in [3.8, 4) is 5.82 Å². The fraction of sp³-hybridized carbons (Fsp3) is 0.400. The summed E-state index contributed by atoms with van der Waals surface area (Å²) in [5.74, 6) is 0.00636. The van der Waals surface area contributed by atoms with Gasteiger partial charge in [-0.15, -0.1) is 0 Å². The van der Waals surface area contributed by atoms with Crippen LogP contribution in [-0.2, 0) is 11.3 Å². The van der Waals surface area contributed by atoms with Crippen molar-refractivity contribution in [1.82, 2.24) is 19.7 Å². The average molecular weight is 303 g/mol. The highest BCUT2D eigenvalue weighted by atomic mass is 19.1. The molecule has 0 bridgehead atoms. The number of rotatable bonds is 4. The van der Waals surface area contributed by atoms with Crippen LogP contribution in [0.4, 0.5) is 4.39 Å². The number of nitrogens with zero attached hydrogens (tertiary/aromatic N) is 4. The predicted octanol–water partition coefficient (Wildman–Crippen LogP) is 1.10. The molecule has 0 aliphatic carbocycles. The smallest absolute Gasteiger partial charge is 0.220 e. The van der Waals surface area contributed by atoms with Gasteiger partial charge in [-0.25, -0.2) is 14.1 Å². The second-order valence-corrected chi connectivity index (χ2v) is 5.58. The molecule has 1 aliphatic heterocycles. The maximum atomic E-state index is 12.9. The molecule has 0 spiro atoms. The highest BCUT2D eigenvalue weighted by Gasteiger charge is 2.22. The minimum absolute atomic E-state index is 0.00598. The maximum Gasteiger partial charge on any atom is 0.220 e. The molecule has 0 atom stereocenters. The number of carbonyl (C=O) groups is 1. The largest absolute Gasteiger partial charge is 0.369 e. The lowest BCUT2D eigenvalue weighted by molar-refractivity contribution is -0.123. The van der Waals surface area contributed by atoms with Gasteiger partial charge in [-0.05, 0) is 37.6 Å². The van der Waals surface area contributed by atoms with Crippen LogP contribution in [0.3, 0.4) is 0 Å². The van der Waals surface area contributed by atoms with E-state index < -0.39 is 0 Å². The molecule has 0 unspecified atom stereocenters. The molecule has 2 aromatic heterocycles. The van der Waals surface area contributed by atoms with Crippen LogP contribution in [0.2, 0.25) is 0 Å². The Kier molecular flexibility index (Phi) is 4.15. The summed E-state index contributed by atoms with van der Waals surface area (Å²) >= 11 is 0. The van der Waals surface area contributed by atoms with Crippen molar-refractivity contribution in [1.29, 1.82) is 0 Å². The van der Waals surface area contributed by atoms with Crippen molar-refractivity contribution in [3.05, 3.63) is 42.1 Å². The molecule has 116 valence electrons. The van der Waals surface area contributed by atoms with Crippen LogP contribution in [0.25, 0.3) is 5.82 Å². The topological polar surface area (TPSA) is 77.0 Å². The van der Waals surface area contributed by atoms with Crippen molar-refractivity contribution in [2.45, 2.75) is 19.4 Å². The standard InChI is InChI=1S/C15H18FN5O/c16-13-8-19-21(10-13)14-2-1-11(7-18-14)9-20-5-3-12(4-6-20)15(17)22/h1-2,7-8,10,12H,3-6,9H2,(H2,17,22). The van der Waals surface area contributed by atoms with Gasteiger partial charge in [0.2, 0.25) is 5.91 Å². The Morgan fingerprint density at radius 3 is 2.64 bits per heavy atom. The summed E-state index contributed by atoms with van der Waals surface area (Å²) in [6.45, 7) is 2.51. The van der Waals surface area contributed by atoms with Crippen LogP contribution in [-0.4, -0.2) is 38.7 Å². The molecule has 3 rings (SSSR count). The number of nitrogens with two attached hydrogens (primary N) is 1. The van der Waals surface area contributed by atoms with Gasteiger partial charge in [0.05, 0.1) is 12.4 Å². The van der Waals surface area contributed by atoms with Crippen molar-refractivity contribution in [3.63, 3.8) is 0 Å². The Morgan fingerprint density at radius 1 is 1.32 bits per heavy atom. The van der Waals surface area contributed by atoms with Crippen molar-refractivity contribution >= 4 is 5.91 Å². The van der Waals surface area contributed by atoms with Crippen molar-refractivity contribution in [2.24, 2.45) is 11.7 Å². The van der Waals surface area contributed by atoms with E-state index in [-0.39, 0.29) is 17.6 Å². The van der Waals surface area contributed by atoms with E-state index in [1.807, 2.05) is 12.1 Å². The van der Waals surface area contributed by atoms with Gasteiger partial charge in [-0.2, -0.15) is 5.10 Å². The van der Waals surface area contributed by atoms with Gasteiger partial charge in [0.15, 0.2) is 11.6 Å². The lowest BCUT2D eigenvalue weighted by Gasteiger charge is -2.30. The molecule has 2 N–H and O–H groups in total. The second kappa shape index (κ2) is 6.23. The SMILES string of the molecule is NC(=O)C1CCN(Cc2ccc(-n3cc(F)cn3)nc2)CC1. The van der Waals surface area contributed by atoms with E-state index in [0.29, 0.717) is 5.82 Å². The molecule has 1 amide bonds. The van der Waals surface area contributed by atoms with E-state index in [1.54, 1.807) is 6.20 Å². The molecule has 1 saturated heterocycles. The number of hydrogen-bond donors (Lipinski definition) is 1. The molecule has 0 radical (unpaired) electrons. The van der Waals surface area contributed by atoms with Crippen molar-refractivity contribution < 1.29 is 9.18 Å². The van der Waals surface area contributed by atoms with E-state index in [9.17, 15) is 9.18 Å². The third-order valence-electron chi connectivity index (χ3n) is 3.99. The summed E-state index contributed by atoms with van der Waals surface area (Å²) in [6.07, 6.45) is 5.84. The molecule has 22 heavy (non-hydrogen) atoms. The zero-order valence-electron chi connectivity index (χ0n) is 12.2. The minimum atomic E-state index is -0.386. The fourth-order valence-corrected chi connectivity index (χ4v) is 2.71. The average Bonchev–Trinajstić information content (AvgIpc) is 2.95. The van der Waals surface area contributed by atoms with E-state index in [0.717, 1.165) is 44.2 Å². The van der Waals surface area contributed by atoms with Crippen molar-refractivity contribution in [2.75, 3.05) is 13.1 Å². The summed E-state index contributed by atoms with van der Waals surface area (Å²) in [6, 6.07) is 3.78. The quantitative estimate of drug-likeness (QED) is 0.917. The lowest BCUT2D eigenvalue weighted by atomic mass is 9.96. The molecule has 6 nitrogen and oxygen atoms in total. The molecule has 7 heteroatoms. The zero-order valence-corrected chi connectivity index (χ0v) is 12.2. The molecule has 3 heterocycles. The molecule has 0 aromatic carbocycles. The Morgan fingerprint density at radius 2 is 2.09 bits per heavy atom. The third-order valence-corrected chi connectivity index (χ3v) is 3.99. The summed E-state index contributed by atoms with van der Waals surface area (Å²) in [5.41, 5.74) is 6.41. The first-order valence-corrected chi connectivity index (χ1v) is 7.29. The number of halogens is 1. The van der Waals surface area contributed by atoms with Gasteiger partial charge in [0.25, 0.3) is 0 Å². The zero-order chi connectivity index (χ0) is 15.5. The number of pyridine rings is 1. The number of piperidine rings is 1. The molecule has 1 fully saturated rings. The van der Waals surface area contributed by atoms with Gasteiger partial charge in [0.1, 0.15) is 0 Å². The first-order chi connectivity index (χ1) is 10.6. The molecular weight excluding hydrogens is 285 g/mol. The third kappa shape index (κ3) is 3.30. The maximum absolute atomic E-state index is 12.9. The molecular formula is C15H18FN5O.